The third-order valence-electron chi connectivity index (χ3n) is 3.14. The fourth-order valence-electron chi connectivity index (χ4n) is 2.07. The van der Waals surface area contributed by atoms with Crippen LogP contribution in [-0.4, -0.2) is 22.7 Å². The summed E-state index contributed by atoms with van der Waals surface area (Å²) in [5.41, 5.74) is 5.38. The second-order valence-electron chi connectivity index (χ2n) is 4.56. The van der Waals surface area contributed by atoms with E-state index in [1.54, 1.807) is 0 Å². The predicted octanol–water partition coefficient (Wildman–Crippen LogP) is 2.25. The van der Waals surface area contributed by atoms with Crippen LogP contribution in [0.4, 0.5) is 8.78 Å². The number of hydrogen-bond acceptors (Lipinski definition) is 4. The van der Waals surface area contributed by atoms with Crippen LogP contribution in [0.25, 0.3) is 0 Å². The molecule has 6 heteroatoms. The summed E-state index contributed by atoms with van der Waals surface area (Å²) in [7, 11) is 0. The Hall–Kier alpha value is -1.04. The molecule has 0 radical (unpaired) electrons. The number of aromatic nitrogens is 2. The quantitative estimate of drug-likeness (QED) is 0.883. The Labute approximate surface area is 98.6 Å². The van der Waals surface area contributed by atoms with Gasteiger partial charge in [0.15, 0.2) is 0 Å². The van der Waals surface area contributed by atoms with Crippen molar-refractivity contribution in [1.29, 1.82) is 0 Å². The van der Waals surface area contributed by atoms with Gasteiger partial charge < -0.3 is 10.2 Å². The highest BCUT2D eigenvalue weighted by Gasteiger charge is 2.37. The molecule has 1 aromatic heterocycles. The largest absolute Gasteiger partial charge is 0.425 e. The molecule has 1 heterocycles. The molecule has 0 aromatic carbocycles. The zero-order chi connectivity index (χ0) is 12.3. The summed E-state index contributed by atoms with van der Waals surface area (Å²) >= 11 is 0. The summed E-state index contributed by atoms with van der Waals surface area (Å²) in [4.78, 5) is 0. The molecular weight excluding hydrogens is 228 g/mol. The second-order valence-corrected chi connectivity index (χ2v) is 4.56. The van der Waals surface area contributed by atoms with Crippen molar-refractivity contribution in [3.8, 4) is 0 Å². The van der Waals surface area contributed by atoms with Crippen LogP contribution in [0.15, 0.2) is 4.42 Å². The second kappa shape index (κ2) is 5.08. The van der Waals surface area contributed by atoms with E-state index in [1.165, 1.54) is 0 Å². The van der Waals surface area contributed by atoms with Crippen LogP contribution in [0, 0.1) is 0 Å². The molecule has 2 rings (SSSR count). The lowest BCUT2D eigenvalue weighted by Crippen LogP contribution is -2.23. The summed E-state index contributed by atoms with van der Waals surface area (Å²) < 4.78 is 31.4. The lowest BCUT2D eigenvalue weighted by Gasteiger charge is -2.25. The van der Waals surface area contributed by atoms with Gasteiger partial charge in [-0.25, -0.2) is 8.78 Å². The minimum atomic E-state index is -2.51. The van der Waals surface area contributed by atoms with Crippen molar-refractivity contribution in [2.75, 3.05) is 6.54 Å². The highest BCUT2D eigenvalue weighted by molar-refractivity contribution is 4.96. The lowest BCUT2D eigenvalue weighted by atomic mass is 9.87. The van der Waals surface area contributed by atoms with Gasteiger partial charge in [-0.1, -0.05) is 0 Å². The van der Waals surface area contributed by atoms with E-state index in [2.05, 4.69) is 10.2 Å². The highest BCUT2D eigenvalue weighted by atomic mass is 19.3. The van der Waals surface area contributed by atoms with Crippen molar-refractivity contribution in [2.45, 2.75) is 50.4 Å². The van der Waals surface area contributed by atoms with Gasteiger partial charge in [-0.3, -0.25) is 0 Å². The molecule has 4 nitrogen and oxygen atoms in total. The van der Waals surface area contributed by atoms with Crippen LogP contribution in [0.3, 0.4) is 0 Å². The van der Waals surface area contributed by atoms with Gasteiger partial charge in [-0.05, 0) is 25.8 Å². The molecule has 0 saturated heterocycles. The van der Waals surface area contributed by atoms with Crippen molar-refractivity contribution in [1.82, 2.24) is 10.2 Å². The molecule has 0 amide bonds. The molecule has 0 spiro atoms. The molecule has 0 atom stereocenters. The summed E-state index contributed by atoms with van der Waals surface area (Å²) in [6, 6.07) is 0. The standard InChI is InChI=1S/C11H17F2N3O/c12-11(13)5-3-8(4-6-11)10-16-15-9(17-10)2-1-7-14/h8H,1-7,14H2. The molecule has 17 heavy (non-hydrogen) atoms. The van der Waals surface area contributed by atoms with Crippen LogP contribution in [-0.2, 0) is 6.42 Å². The maximum atomic E-state index is 13.0. The van der Waals surface area contributed by atoms with Crippen molar-refractivity contribution in [3.05, 3.63) is 11.8 Å². The molecule has 0 aliphatic heterocycles. The Kier molecular flexibility index (Phi) is 3.71. The Morgan fingerprint density at radius 1 is 1.29 bits per heavy atom. The van der Waals surface area contributed by atoms with Gasteiger partial charge >= 0.3 is 0 Å². The van der Waals surface area contributed by atoms with E-state index < -0.39 is 5.92 Å². The Bertz CT molecular complexity index is 357. The van der Waals surface area contributed by atoms with Gasteiger partial charge in [0.1, 0.15) is 0 Å². The number of nitrogens with zero attached hydrogens (tertiary/aromatic N) is 2. The van der Waals surface area contributed by atoms with Gasteiger partial charge in [0, 0.05) is 25.2 Å². The van der Waals surface area contributed by atoms with E-state index in [0.717, 1.165) is 6.42 Å². The molecule has 96 valence electrons. The predicted molar refractivity (Wildman–Crippen MR) is 57.8 cm³/mol. The first-order valence-electron chi connectivity index (χ1n) is 6.01. The number of nitrogens with two attached hydrogens (primary N) is 1. The molecule has 1 aliphatic rings. The van der Waals surface area contributed by atoms with Gasteiger partial charge in [-0.15, -0.1) is 10.2 Å². The Balaban J connectivity index is 1.92. The number of rotatable bonds is 4. The molecule has 0 unspecified atom stereocenters. The van der Waals surface area contributed by atoms with Gasteiger partial charge in [0.2, 0.25) is 17.7 Å². The first kappa shape index (κ1) is 12.4. The highest BCUT2D eigenvalue weighted by Crippen LogP contribution is 2.40. The minimum absolute atomic E-state index is 0.00579. The van der Waals surface area contributed by atoms with E-state index in [1.807, 2.05) is 0 Å². The number of aryl methyl sites for hydroxylation is 1. The maximum Gasteiger partial charge on any atom is 0.248 e. The monoisotopic (exact) mass is 245 g/mol. The van der Waals surface area contributed by atoms with E-state index in [4.69, 9.17) is 10.2 Å². The summed E-state index contributed by atoms with van der Waals surface area (Å²) in [6.45, 7) is 0.577. The van der Waals surface area contributed by atoms with Crippen LogP contribution in [0.1, 0.15) is 49.8 Å². The normalized spacial score (nSPS) is 20.6. The summed E-state index contributed by atoms with van der Waals surface area (Å²) in [6.07, 6.45) is 2.13. The average molecular weight is 245 g/mol. The lowest BCUT2D eigenvalue weighted by molar-refractivity contribution is -0.0399. The molecule has 1 fully saturated rings. The van der Waals surface area contributed by atoms with Crippen molar-refractivity contribution >= 4 is 0 Å². The van der Waals surface area contributed by atoms with Crippen LogP contribution in [0.2, 0.25) is 0 Å². The SMILES string of the molecule is NCCCc1nnc(C2CCC(F)(F)CC2)o1. The van der Waals surface area contributed by atoms with Crippen LogP contribution >= 0.6 is 0 Å². The zero-order valence-corrected chi connectivity index (χ0v) is 9.66. The smallest absolute Gasteiger partial charge is 0.248 e. The Morgan fingerprint density at radius 3 is 2.65 bits per heavy atom. The van der Waals surface area contributed by atoms with Crippen molar-refractivity contribution in [2.24, 2.45) is 5.73 Å². The third-order valence-corrected chi connectivity index (χ3v) is 3.14. The first-order valence-corrected chi connectivity index (χ1v) is 6.01. The molecule has 1 aromatic rings. The minimum Gasteiger partial charge on any atom is -0.425 e. The summed E-state index contributed by atoms with van der Waals surface area (Å²) in [5.74, 6) is -1.46. The zero-order valence-electron chi connectivity index (χ0n) is 9.66. The Morgan fingerprint density at radius 2 is 2.00 bits per heavy atom. The van der Waals surface area contributed by atoms with Gasteiger partial charge in [-0.2, -0.15) is 0 Å². The third kappa shape index (κ3) is 3.21. The number of alkyl halides is 2. The van der Waals surface area contributed by atoms with Crippen molar-refractivity contribution < 1.29 is 13.2 Å². The van der Waals surface area contributed by atoms with Crippen molar-refractivity contribution in [3.63, 3.8) is 0 Å². The molecule has 2 N–H and O–H groups in total. The van der Waals surface area contributed by atoms with Crippen LogP contribution in [0.5, 0.6) is 0 Å². The number of hydrogen-bond donors (Lipinski definition) is 1. The van der Waals surface area contributed by atoms with E-state index >= 15 is 0 Å². The van der Waals surface area contributed by atoms with E-state index in [0.29, 0.717) is 37.6 Å². The molecular formula is C11H17F2N3O. The topological polar surface area (TPSA) is 64.9 Å². The molecule has 1 aliphatic carbocycles. The number of halogens is 2. The average Bonchev–Trinajstić information content (AvgIpc) is 2.75. The molecule has 0 bridgehead atoms. The summed E-state index contributed by atoms with van der Waals surface area (Å²) in [5, 5.41) is 7.84. The van der Waals surface area contributed by atoms with Gasteiger partial charge in [0.25, 0.3) is 0 Å². The maximum absolute atomic E-state index is 13.0. The van der Waals surface area contributed by atoms with Gasteiger partial charge in [0.05, 0.1) is 0 Å². The fourth-order valence-corrected chi connectivity index (χ4v) is 2.07. The fraction of sp³-hybridized carbons (Fsp3) is 0.818. The van der Waals surface area contributed by atoms with E-state index in [9.17, 15) is 8.78 Å². The van der Waals surface area contributed by atoms with E-state index in [-0.39, 0.29) is 18.8 Å². The molecule has 1 saturated carbocycles. The first-order chi connectivity index (χ1) is 8.11. The van der Waals surface area contributed by atoms with Crippen LogP contribution < -0.4 is 5.73 Å².